The highest BCUT2D eigenvalue weighted by Gasteiger charge is 1.92. The van der Waals surface area contributed by atoms with Crippen LogP contribution in [0.2, 0.25) is 0 Å². The fourth-order valence-electron chi connectivity index (χ4n) is 1.17. The molecule has 0 saturated carbocycles. The first-order chi connectivity index (χ1) is 8.76. The molecule has 0 spiro atoms. The second-order valence-corrected chi connectivity index (χ2v) is 3.81. The fourth-order valence-corrected chi connectivity index (χ4v) is 1.37. The monoisotopic (exact) mass is 263 g/mol. The molecule has 0 aliphatic carbocycles. The predicted octanol–water partition coefficient (Wildman–Crippen LogP) is 2.07. The van der Waals surface area contributed by atoms with Crippen molar-refractivity contribution < 1.29 is 4.74 Å². The Morgan fingerprint density at radius 1 is 1.44 bits per heavy atom. The van der Waals surface area contributed by atoms with Crippen molar-refractivity contribution in [1.29, 1.82) is 0 Å². The van der Waals surface area contributed by atoms with Crippen molar-refractivity contribution in [3.63, 3.8) is 0 Å². The lowest BCUT2D eigenvalue weighted by molar-refractivity contribution is 0.363. The molecule has 96 valence electrons. The standard InChI is InChI=1S/C13H17N3OS/c1-3-9-17-12-7-5-11(6-8-12)10-15-16-13(18)14-4-2/h3,5-8,10H,1,4,9H2,2H3,(H2,14,16,18)/b15-10+. The lowest BCUT2D eigenvalue weighted by Gasteiger charge is -2.04. The van der Waals surface area contributed by atoms with Crippen LogP contribution in [0.25, 0.3) is 0 Å². The van der Waals surface area contributed by atoms with Crippen molar-refractivity contribution in [2.75, 3.05) is 13.2 Å². The number of nitrogens with zero attached hydrogens (tertiary/aromatic N) is 1. The summed E-state index contributed by atoms with van der Waals surface area (Å²) < 4.78 is 5.38. The molecule has 0 heterocycles. The van der Waals surface area contributed by atoms with Gasteiger partial charge in [0, 0.05) is 6.54 Å². The topological polar surface area (TPSA) is 45.6 Å². The third-order valence-electron chi connectivity index (χ3n) is 1.97. The number of thiocarbonyl (C=S) groups is 1. The van der Waals surface area contributed by atoms with Gasteiger partial charge in [0.15, 0.2) is 5.11 Å². The summed E-state index contributed by atoms with van der Waals surface area (Å²) >= 11 is 4.97. The summed E-state index contributed by atoms with van der Waals surface area (Å²) in [6, 6.07) is 7.60. The summed E-state index contributed by atoms with van der Waals surface area (Å²) in [4.78, 5) is 0. The van der Waals surface area contributed by atoms with Crippen LogP contribution in [0.1, 0.15) is 12.5 Å². The average molecular weight is 263 g/mol. The SMILES string of the molecule is C=CCOc1ccc(/C=N/NC(=S)NCC)cc1. The van der Waals surface area contributed by atoms with Gasteiger partial charge in [0.1, 0.15) is 12.4 Å². The molecule has 0 aliphatic rings. The van der Waals surface area contributed by atoms with E-state index in [1.807, 2.05) is 31.2 Å². The number of hydrazone groups is 1. The Kier molecular flexibility index (Phi) is 6.50. The van der Waals surface area contributed by atoms with Gasteiger partial charge in [-0.3, -0.25) is 5.43 Å². The van der Waals surface area contributed by atoms with E-state index in [0.717, 1.165) is 17.9 Å². The number of rotatable bonds is 6. The molecule has 0 aliphatic heterocycles. The highest BCUT2D eigenvalue weighted by molar-refractivity contribution is 7.80. The van der Waals surface area contributed by atoms with Gasteiger partial charge < -0.3 is 10.1 Å². The van der Waals surface area contributed by atoms with E-state index in [9.17, 15) is 0 Å². The summed E-state index contributed by atoms with van der Waals surface area (Å²) in [5.41, 5.74) is 3.69. The lowest BCUT2D eigenvalue weighted by atomic mass is 10.2. The zero-order valence-corrected chi connectivity index (χ0v) is 11.2. The molecule has 0 saturated heterocycles. The maximum absolute atomic E-state index is 5.38. The quantitative estimate of drug-likeness (QED) is 0.357. The van der Waals surface area contributed by atoms with E-state index in [2.05, 4.69) is 22.4 Å². The Balaban J connectivity index is 2.45. The minimum atomic E-state index is 0.506. The van der Waals surface area contributed by atoms with E-state index >= 15 is 0 Å². The van der Waals surface area contributed by atoms with Crippen LogP contribution < -0.4 is 15.5 Å². The normalized spacial score (nSPS) is 10.1. The zero-order valence-electron chi connectivity index (χ0n) is 10.3. The smallest absolute Gasteiger partial charge is 0.186 e. The Labute approximate surface area is 113 Å². The average Bonchev–Trinajstić information content (AvgIpc) is 2.38. The van der Waals surface area contributed by atoms with Crippen molar-refractivity contribution in [3.05, 3.63) is 42.5 Å². The van der Waals surface area contributed by atoms with Crippen LogP contribution in [0.5, 0.6) is 5.75 Å². The largest absolute Gasteiger partial charge is 0.490 e. The fraction of sp³-hybridized carbons (Fsp3) is 0.231. The molecule has 0 aromatic heterocycles. The highest BCUT2D eigenvalue weighted by atomic mass is 32.1. The van der Waals surface area contributed by atoms with Crippen LogP contribution in [0.3, 0.4) is 0 Å². The Morgan fingerprint density at radius 2 is 2.17 bits per heavy atom. The Morgan fingerprint density at radius 3 is 2.78 bits per heavy atom. The molecule has 0 unspecified atom stereocenters. The van der Waals surface area contributed by atoms with Gasteiger partial charge in [-0.05, 0) is 49.0 Å². The molecule has 0 atom stereocenters. The molecule has 1 aromatic rings. The zero-order chi connectivity index (χ0) is 13.2. The molecular formula is C13H17N3OS. The van der Waals surface area contributed by atoms with Crippen molar-refractivity contribution in [2.45, 2.75) is 6.92 Å². The van der Waals surface area contributed by atoms with Crippen LogP contribution >= 0.6 is 12.2 Å². The van der Waals surface area contributed by atoms with E-state index in [1.165, 1.54) is 0 Å². The van der Waals surface area contributed by atoms with Gasteiger partial charge in [0.2, 0.25) is 0 Å². The van der Waals surface area contributed by atoms with Gasteiger partial charge >= 0.3 is 0 Å². The molecule has 0 radical (unpaired) electrons. The van der Waals surface area contributed by atoms with Crippen LogP contribution in [0.15, 0.2) is 42.0 Å². The molecule has 18 heavy (non-hydrogen) atoms. The van der Waals surface area contributed by atoms with Crippen LogP contribution in [-0.2, 0) is 0 Å². The molecular weight excluding hydrogens is 246 g/mol. The van der Waals surface area contributed by atoms with Crippen molar-refractivity contribution in [3.8, 4) is 5.75 Å². The van der Waals surface area contributed by atoms with E-state index in [-0.39, 0.29) is 0 Å². The Bertz CT molecular complexity index is 415. The maximum Gasteiger partial charge on any atom is 0.186 e. The third-order valence-corrected chi connectivity index (χ3v) is 2.20. The van der Waals surface area contributed by atoms with Crippen LogP contribution in [-0.4, -0.2) is 24.5 Å². The minimum Gasteiger partial charge on any atom is -0.490 e. The molecule has 0 amide bonds. The second kappa shape index (κ2) is 8.25. The first-order valence-corrected chi connectivity index (χ1v) is 6.07. The van der Waals surface area contributed by atoms with E-state index < -0.39 is 0 Å². The Hall–Kier alpha value is -1.88. The van der Waals surface area contributed by atoms with Crippen LogP contribution in [0.4, 0.5) is 0 Å². The lowest BCUT2D eigenvalue weighted by Crippen LogP contribution is -2.31. The summed E-state index contributed by atoms with van der Waals surface area (Å²) in [6.07, 6.45) is 3.40. The number of ether oxygens (including phenoxy) is 1. The van der Waals surface area contributed by atoms with Gasteiger partial charge in [0.25, 0.3) is 0 Å². The van der Waals surface area contributed by atoms with Gasteiger partial charge in [-0.2, -0.15) is 5.10 Å². The molecule has 1 aromatic carbocycles. The maximum atomic E-state index is 5.38. The van der Waals surface area contributed by atoms with E-state index in [4.69, 9.17) is 17.0 Å². The molecule has 4 nitrogen and oxygen atoms in total. The predicted molar refractivity (Wildman–Crippen MR) is 79.1 cm³/mol. The van der Waals surface area contributed by atoms with Crippen molar-refractivity contribution in [1.82, 2.24) is 10.7 Å². The number of hydrogen-bond donors (Lipinski definition) is 2. The summed E-state index contributed by atoms with van der Waals surface area (Å²) in [7, 11) is 0. The molecule has 0 fully saturated rings. The minimum absolute atomic E-state index is 0.506. The summed E-state index contributed by atoms with van der Waals surface area (Å²) in [5.74, 6) is 0.808. The number of hydrogen-bond acceptors (Lipinski definition) is 3. The van der Waals surface area contributed by atoms with Crippen molar-refractivity contribution in [2.24, 2.45) is 5.10 Å². The summed E-state index contributed by atoms with van der Waals surface area (Å²) in [5, 5.41) is 7.47. The van der Waals surface area contributed by atoms with Crippen molar-refractivity contribution >= 4 is 23.5 Å². The summed E-state index contributed by atoms with van der Waals surface area (Å²) in [6.45, 7) is 6.85. The first kappa shape index (κ1) is 14.2. The first-order valence-electron chi connectivity index (χ1n) is 5.67. The van der Waals surface area contributed by atoms with Gasteiger partial charge in [-0.25, -0.2) is 0 Å². The van der Waals surface area contributed by atoms with Gasteiger partial charge in [-0.1, -0.05) is 12.7 Å². The molecule has 2 N–H and O–H groups in total. The van der Waals surface area contributed by atoms with E-state index in [1.54, 1.807) is 12.3 Å². The third kappa shape index (κ3) is 5.45. The highest BCUT2D eigenvalue weighted by Crippen LogP contribution is 2.10. The molecule has 0 bridgehead atoms. The number of benzene rings is 1. The van der Waals surface area contributed by atoms with Gasteiger partial charge in [-0.15, -0.1) is 0 Å². The second-order valence-electron chi connectivity index (χ2n) is 3.40. The van der Waals surface area contributed by atoms with Crippen LogP contribution in [0, 0.1) is 0 Å². The van der Waals surface area contributed by atoms with Gasteiger partial charge in [0.05, 0.1) is 6.21 Å². The van der Waals surface area contributed by atoms with E-state index in [0.29, 0.717) is 11.7 Å². The molecule has 1 rings (SSSR count). The molecule has 5 heteroatoms. The number of nitrogens with one attached hydrogen (secondary N) is 2.